The highest BCUT2D eigenvalue weighted by Gasteiger charge is 2.45. The maximum Gasteiger partial charge on any atom is 0.316 e. The second kappa shape index (κ2) is 4.90. The SMILES string of the molecule is COC(=O)[C@@H]1C(OC)=CC(=O)[C@H]2CCCC[C@@H]12. The molecule has 2 aliphatic rings. The van der Waals surface area contributed by atoms with Crippen LogP contribution in [0.3, 0.4) is 0 Å². The molecular weight excluding hydrogens is 220 g/mol. The van der Waals surface area contributed by atoms with Crippen molar-refractivity contribution in [3.05, 3.63) is 11.8 Å². The maximum absolute atomic E-state index is 11.9. The lowest BCUT2D eigenvalue weighted by molar-refractivity contribution is -0.150. The van der Waals surface area contributed by atoms with Crippen molar-refractivity contribution in [1.82, 2.24) is 0 Å². The number of carbonyl (C=O) groups excluding carboxylic acids is 2. The molecule has 4 nitrogen and oxygen atoms in total. The second-order valence-corrected chi connectivity index (χ2v) is 4.71. The third-order valence-electron chi connectivity index (χ3n) is 3.89. The summed E-state index contributed by atoms with van der Waals surface area (Å²) in [7, 11) is 2.88. The van der Waals surface area contributed by atoms with E-state index in [9.17, 15) is 9.59 Å². The van der Waals surface area contributed by atoms with Crippen LogP contribution in [0, 0.1) is 17.8 Å². The van der Waals surface area contributed by atoms with E-state index >= 15 is 0 Å². The second-order valence-electron chi connectivity index (χ2n) is 4.71. The summed E-state index contributed by atoms with van der Waals surface area (Å²) in [5.41, 5.74) is 0. The van der Waals surface area contributed by atoms with Crippen LogP contribution in [0.15, 0.2) is 11.8 Å². The first-order valence-corrected chi connectivity index (χ1v) is 6.06. The lowest BCUT2D eigenvalue weighted by atomic mass is 9.67. The van der Waals surface area contributed by atoms with Gasteiger partial charge in [-0.15, -0.1) is 0 Å². The topological polar surface area (TPSA) is 52.6 Å². The van der Waals surface area contributed by atoms with Crippen LogP contribution < -0.4 is 0 Å². The molecule has 2 aliphatic carbocycles. The predicted octanol–water partition coefficient (Wildman–Crippen LogP) is 1.69. The molecule has 0 unspecified atom stereocenters. The van der Waals surface area contributed by atoms with Crippen LogP contribution in [0.4, 0.5) is 0 Å². The number of allylic oxidation sites excluding steroid dienone is 1. The fourth-order valence-corrected chi connectivity index (χ4v) is 3.06. The molecule has 1 fully saturated rings. The van der Waals surface area contributed by atoms with E-state index in [-0.39, 0.29) is 23.6 Å². The highest BCUT2D eigenvalue weighted by Crippen LogP contribution is 2.42. The van der Waals surface area contributed by atoms with Gasteiger partial charge in [-0.3, -0.25) is 9.59 Å². The van der Waals surface area contributed by atoms with Crippen LogP contribution in [0.25, 0.3) is 0 Å². The Labute approximate surface area is 101 Å². The highest BCUT2D eigenvalue weighted by atomic mass is 16.5. The minimum absolute atomic E-state index is 0.0215. The lowest BCUT2D eigenvalue weighted by Gasteiger charge is -2.38. The molecule has 0 aromatic carbocycles. The van der Waals surface area contributed by atoms with E-state index in [1.807, 2.05) is 0 Å². The summed E-state index contributed by atoms with van der Waals surface area (Å²) in [6.45, 7) is 0. The van der Waals surface area contributed by atoms with E-state index in [1.54, 1.807) is 0 Å². The molecular formula is C13H18O4. The predicted molar refractivity (Wildman–Crippen MR) is 61.1 cm³/mol. The summed E-state index contributed by atoms with van der Waals surface area (Å²) in [6, 6.07) is 0. The third-order valence-corrected chi connectivity index (χ3v) is 3.89. The minimum Gasteiger partial charge on any atom is -0.500 e. The quantitative estimate of drug-likeness (QED) is 0.687. The normalized spacial score (nSPS) is 32.5. The zero-order valence-electron chi connectivity index (χ0n) is 10.3. The number of esters is 1. The molecule has 0 bridgehead atoms. The smallest absolute Gasteiger partial charge is 0.316 e. The van der Waals surface area contributed by atoms with Crippen LogP contribution in [0.1, 0.15) is 25.7 Å². The lowest BCUT2D eigenvalue weighted by Crippen LogP contribution is -2.41. The van der Waals surface area contributed by atoms with Crippen molar-refractivity contribution in [2.24, 2.45) is 17.8 Å². The van der Waals surface area contributed by atoms with Gasteiger partial charge >= 0.3 is 5.97 Å². The van der Waals surface area contributed by atoms with Crippen LogP contribution in [-0.2, 0) is 19.1 Å². The number of ketones is 1. The van der Waals surface area contributed by atoms with Gasteiger partial charge < -0.3 is 9.47 Å². The zero-order chi connectivity index (χ0) is 12.4. The Morgan fingerprint density at radius 1 is 1.29 bits per heavy atom. The fourth-order valence-electron chi connectivity index (χ4n) is 3.06. The van der Waals surface area contributed by atoms with E-state index in [0.29, 0.717) is 5.76 Å². The van der Waals surface area contributed by atoms with E-state index < -0.39 is 5.92 Å². The van der Waals surface area contributed by atoms with Gasteiger partial charge in [0, 0.05) is 12.0 Å². The number of hydrogen-bond acceptors (Lipinski definition) is 4. The third kappa shape index (κ3) is 2.08. The van der Waals surface area contributed by atoms with Crippen LogP contribution in [-0.4, -0.2) is 26.0 Å². The first-order chi connectivity index (χ1) is 8.19. The molecule has 2 rings (SSSR count). The van der Waals surface area contributed by atoms with Crippen molar-refractivity contribution in [3.8, 4) is 0 Å². The average Bonchev–Trinajstić information content (AvgIpc) is 2.37. The Morgan fingerprint density at radius 3 is 2.65 bits per heavy atom. The molecule has 1 saturated carbocycles. The molecule has 4 heteroatoms. The first kappa shape index (κ1) is 12.1. The van der Waals surface area contributed by atoms with Gasteiger partial charge in [0.1, 0.15) is 11.7 Å². The molecule has 0 spiro atoms. The van der Waals surface area contributed by atoms with Gasteiger partial charge in [0.05, 0.1) is 14.2 Å². The molecule has 0 saturated heterocycles. The van der Waals surface area contributed by atoms with Crippen molar-refractivity contribution >= 4 is 11.8 Å². The van der Waals surface area contributed by atoms with Gasteiger partial charge in [0.2, 0.25) is 0 Å². The van der Waals surface area contributed by atoms with Crippen molar-refractivity contribution in [2.45, 2.75) is 25.7 Å². The number of hydrogen-bond donors (Lipinski definition) is 0. The summed E-state index contributed by atoms with van der Waals surface area (Å²) in [4.78, 5) is 23.8. The summed E-state index contributed by atoms with van der Waals surface area (Å²) in [6.07, 6.45) is 5.39. The Balaban J connectivity index is 2.34. The molecule has 3 atom stereocenters. The number of methoxy groups -OCH3 is 2. The van der Waals surface area contributed by atoms with Crippen molar-refractivity contribution in [1.29, 1.82) is 0 Å². The zero-order valence-corrected chi connectivity index (χ0v) is 10.3. The van der Waals surface area contributed by atoms with E-state index in [2.05, 4.69) is 0 Å². The molecule has 0 N–H and O–H groups in total. The first-order valence-electron chi connectivity index (χ1n) is 6.06. The van der Waals surface area contributed by atoms with Gasteiger partial charge in [-0.25, -0.2) is 0 Å². The average molecular weight is 238 g/mol. The van der Waals surface area contributed by atoms with Gasteiger partial charge in [-0.1, -0.05) is 12.8 Å². The van der Waals surface area contributed by atoms with Gasteiger partial charge in [-0.05, 0) is 18.8 Å². The fraction of sp³-hybridized carbons (Fsp3) is 0.692. The van der Waals surface area contributed by atoms with Gasteiger partial charge in [0.25, 0.3) is 0 Å². The summed E-state index contributed by atoms with van der Waals surface area (Å²) in [5.74, 6) is -0.0809. The summed E-state index contributed by atoms with van der Waals surface area (Å²) >= 11 is 0. The van der Waals surface area contributed by atoms with Crippen LogP contribution in [0.5, 0.6) is 0 Å². The maximum atomic E-state index is 11.9. The molecule has 17 heavy (non-hydrogen) atoms. The highest BCUT2D eigenvalue weighted by molar-refractivity contribution is 5.95. The number of carbonyl (C=O) groups is 2. The number of ether oxygens (including phenoxy) is 2. The summed E-state index contributed by atoms with van der Waals surface area (Å²) in [5, 5.41) is 0. The molecule has 0 aliphatic heterocycles. The van der Waals surface area contributed by atoms with Crippen molar-refractivity contribution < 1.29 is 19.1 Å². The minimum atomic E-state index is -0.395. The molecule has 0 radical (unpaired) electrons. The largest absolute Gasteiger partial charge is 0.500 e. The van der Waals surface area contributed by atoms with Crippen molar-refractivity contribution in [3.63, 3.8) is 0 Å². The Morgan fingerprint density at radius 2 is 2.00 bits per heavy atom. The Kier molecular flexibility index (Phi) is 3.50. The van der Waals surface area contributed by atoms with Crippen LogP contribution in [0.2, 0.25) is 0 Å². The molecule has 0 heterocycles. The Bertz CT molecular complexity index is 358. The molecule has 0 aromatic heterocycles. The monoisotopic (exact) mass is 238 g/mol. The standard InChI is InChI=1S/C13H18O4/c1-16-11-7-10(14)8-5-3-4-6-9(8)12(11)13(15)17-2/h7-9,12H,3-6H2,1-2H3/t8-,9+,12-/m0/s1. The molecule has 94 valence electrons. The van der Waals surface area contributed by atoms with Crippen LogP contribution >= 0.6 is 0 Å². The molecule has 0 aromatic rings. The van der Waals surface area contributed by atoms with Gasteiger partial charge in [0.15, 0.2) is 5.78 Å². The van der Waals surface area contributed by atoms with Gasteiger partial charge in [-0.2, -0.15) is 0 Å². The van der Waals surface area contributed by atoms with Crippen molar-refractivity contribution in [2.75, 3.05) is 14.2 Å². The van der Waals surface area contributed by atoms with E-state index in [1.165, 1.54) is 20.3 Å². The number of fused-ring (bicyclic) bond motifs is 1. The molecule has 0 amide bonds. The Hall–Kier alpha value is -1.32. The van der Waals surface area contributed by atoms with E-state index in [0.717, 1.165) is 25.7 Å². The summed E-state index contributed by atoms with van der Waals surface area (Å²) < 4.78 is 10.0. The van der Waals surface area contributed by atoms with E-state index in [4.69, 9.17) is 9.47 Å². The number of rotatable bonds is 2.